The highest BCUT2D eigenvalue weighted by molar-refractivity contribution is 7.97. The number of hydrogen-bond acceptors (Lipinski definition) is 3. The largest absolute Gasteiger partial charge is 0.744 e. The Balaban J connectivity index is 0.000000191. The Morgan fingerprint density at radius 3 is 1.12 bits per heavy atom. The third kappa shape index (κ3) is 7.72. The zero-order valence-corrected chi connectivity index (χ0v) is 32.8. The summed E-state index contributed by atoms with van der Waals surface area (Å²) < 4.78 is 34.3. The minimum atomic E-state index is -4.48. The quantitative estimate of drug-likeness (QED) is 0.104. The van der Waals surface area contributed by atoms with Gasteiger partial charge in [-0.05, 0) is 102 Å². The molecule has 0 atom stereocenters. The molecule has 0 unspecified atom stereocenters. The Labute approximate surface area is 307 Å². The number of rotatable bonds is 4. The first-order valence-corrected chi connectivity index (χ1v) is 20.1. The smallest absolute Gasteiger partial charge is 0.166 e. The standard InChI is InChI=1S/C30H39S.C16H10O3S/c1-28(2,3)22-10-16-25(17-11-22)31(26-18-12-23(13-19-26)29(4,5)6)27-20-14-24(15-21-27)30(7,8)9;17-20(18,19)14-9-7-12-5-4-10-2-1-3-11-6-8-13(14)16(12)15(10)11/h10-21H,1-9H3;1-9H,(H,17,18,19)/q+1;/p-1. The van der Waals surface area contributed by atoms with E-state index in [2.05, 4.69) is 135 Å². The molecule has 0 heterocycles. The Bertz CT molecular complexity index is 2250. The van der Waals surface area contributed by atoms with E-state index in [-0.39, 0.29) is 32.0 Å². The van der Waals surface area contributed by atoms with Crippen molar-refractivity contribution >= 4 is 53.3 Å². The molecule has 7 rings (SSSR count). The molecule has 0 bridgehead atoms. The first-order chi connectivity index (χ1) is 23.8. The van der Waals surface area contributed by atoms with Gasteiger partial charge in [0.25, 0.3) is 0 Å². The molecule has 0 aromatic heterocycles. The molecule has 0 radical (unpaired) electrons. The fourth-order valence-electron chi connectivity index (χ4n) is 6.61. The van der Waals surface area contributed by atoms with Crippen LogP contribution in [0.4, 0.5) is 0 Å². The van der Waals surface area contributed by atoms with E-state index in [9.17, 15) is 13.0 Å². The average molecular weight is 713 g/mol. The third-order valence-corrected chi connectivity index (χ3v) is 12.8. The van der Waals surface area contributed by atoms with E-state index in [0.717, 1.165) is 26.9 Å². The maximum Gasteiger partial charge on any atom is 0.166 e. The van der Waals surface area contributed by atoms with Crippen LogP contribution in [0, 0.1) is 0 Å². The van der Waals surface area contributed by atoms with E-state index in [1.165, 1.54) is 37.4 Å². The Morgan fingerprint density at radius 1 is 0.431 bits per heavy atom. The average Bonchev–Trinajstić information content (AvgIpc) is 3.07. The molecular formula is C46H48O3S2. The van der Waals surface area contributed by atoms with Crippen molar-refractivity contribution in [2.24, 2.45) is 0 Å². The zero-order chi connectivity index (χ0) is 36.9. The second kappa shape index (κ2) is 13.4. The Morgan fingerprint density at radius 2 is 0.765 bits per heavy atom. The van der Waals surface area contributed by atoms with Crippen LogP contribution in [0.15, 0.2) is 147 Å². The summed E-state index contributed by atoms with van der Waals surface area (Å²) in [6.45, 7) is 20.5. The molecule has 262 valence electrons. The highest BCUT2D eigenvalue weighted by atomic mass is 32.2. The number of benzene rings is 7. The molecule has 0 aliphatic rings. The van der Waals surface area contributed by atoms with Crippen LogP contribution in [-0.4, -0.2) is 13.0 Å². The van der Waals surface area contributed by atoms with Crippen molar-refractivity contribution in [3.63, 3.8) is 0 Å². The van der Waals surface area contributed by atoms with Gasteiger partial charge in [0.15, 0.2) is 14.7 Å². The first kappa shape index (κ1) is 36.6. The SMILES string of the molecule is CC(C)(C)c1ccc([S+](c2ccc(C(C)(C)C)cc2)c2ccc(C(C)(C)C)cc2)cc1.O=S(=O)([O-])c1ccc2ccc3cccc4ccc1c2c34. The summed E-state index contributed by atoms with van der Waals surface area (Å²) >= 11 is 0. The van der Waals surface area contributed by atoms with E-state index in [4.69, 9.17) is 0 Å². The van der Waals surface area contributed by atoms with E-state index < -0.39 is 10.1 Å². The van der Waals surface area contributed by atoms with Crippen molar-refractivity contribution in [1.29, 1.82) is 0 Å². The van der Waals surface area contributed by atoms with Gasteiger partial charge in [-0.25, -0.2) is 8.42 Å². The van der Waals surface area contributed by atoms with E-state index in [1.807, 2.05) is 36.4 Å². The molecule has 0 aliphatic heterocycles. The topological polar surface area (TPSA) is 57.2 Å². The van der Waals surface area contributed by atoms with Crippen LogP contribution >= 0.6 is 0 Å². The van der Waals surface area contributed by atoms with Crippen molar-refractivity contribution < 1.29 is 13.0 Å². The summed E-state index contributed by atoms with van der Waals surface area (Å²) in [5, 5.41) is 5.38. The lowest BCUT2D eigenvalue weighted by Gasteiger charge is -2.21. The molecule has 0 saturated heterocycles. The van der Waals surface area contributed by atoms with Crippen LogP contribution in [-0.2, 0) is 37.3 Å². The molecule has 7 aromatic rings. The van der Waals surface area contributed by atoms with E-state index in [0.29, 0.717) is 5.39 Å². The molecule has 5 heteroatoms. The molecule has 7 aromatic carbocycles. The van der Waals surface area contributed by atoms with Gasteiger partial charge in [-0.2, -0.15) is 0 Å². The first-order valence-electron chi connectivity index (χ1n) is 17.5. The van der Waals surface area contributed by atoms with Crippen LogP contribution in [0.1, 0.15) is 79.0 Å². The van der Waals surface area contributed by atoms with Crippen LogP contribution in [0.5, 0.6) is 0 Å². The highest BCUT2D eigenvalue weighted by Gasteiger charge is 2.30. The monoisotopic (exact) mass is 712 g/mol. The fraction of sp³-hybridized carbons (Fsp3) is 0.261. The summed E-state index contributed by atoms with van der Waals surface area (Å²) in [4.78, 5) is 3.98. The number of hydrogen-bond donors (Lipinski definition) is 0. The van der Waals surface area contributed by atoms with Gasteiger partial charge in [-0.1, -0.05) is 147 Å². The maximum absolute atomic E-state index is 11.4. The molecule has 0 N–H and O–H groups in total. The second-order valence-electron chi connectivity index (χ2n) is 16.5. The minimum Gasteiger partial charge on any atom is -0.744 e. The van der Waals surface area contributed by atoms with Crippen molar-refractivity contribution in [2.75, 3.05) is 0 Å². The van der Waals surface area contributed by atoms with Crippen LogP contribution in [0.2, 0.25) is 0 Å². The molecule has 0 saturated carbocycles. The predicted molar refractivity (Wildman–Crippen MR) is 216 cm³/mol. The third-order valence-electron chi connectivity index (χ3n) is 9.63. The molecule has 0 spiro atoms. The van der Waals surface area contributed by atoms with E-state index in [1.54, 1.807) is 12.1 Å². The summed E-state index contributed by atoms with van der Waals surface area (Å²) in [6.07, 6.45) is 0. The maximum atomic E-state index is 11.4. The van der Waals surface area contributed by atoms with Gasteiger partial charge < -0.3 is 4.55 Å². The fourth-order valence-corrected chi connectivity index (χ4v) is 9.32. The minimum absolute atomic E-state index is 0.120. The van der Waals surface area contributed by atoms with Crippen molar-refractivity contribution in [3.05, 3.63) is 144 Å². The van der Waals surface area contributed by atoms with Crippen LogP contribution < -0.4 is 0 Å². The Hall–Kier alpha value is -4.16. The van der Waals surface area contributed by atoms with E-state index >= 15 is 0 Å². The van der Waals surface area contributed by atoms with Gasteiger partial charge in [-0.15, -0.1) is 0 Å². The summed E-state index contributed by atoms with van der Waals surface area (Å²) in [7, 11) is -4.60. The predicted octanol–water partition coefficient (Wildman–Crippen LogP) is 12.2. The summed E-state index contributed by atoms with van der Waals surface area (Å²) in [6, 6.07) is 44.4. The van der Waals surface area contributed by atoms with Gasteiger partial charge in [0.1, 0.15) is 10.1 Å². The molecule has 0 fully saturated rings. The van der Waals surface area contributed by atoms with Gasteiger partial charge in [0.2, 0.25) is 0 Å². The molecule has 0 aliphatic carbocycles. The molecule has 51 heavy (non-hydrogen) atoms. The Kier molecular flexibility index (Phi) is 9.64. The van der Waals surface area contributed by atoms with Gasteiger partial charge in [0.05, 0.1) is 15.8 Å². The van der Waals surface area contributed by atoms with Crippen molar-refractivity contribution in [2.45, 2.75) is 98.1 Å². The second-order valence-corrected chi connectivity index (χ2v) is 19.9. The summed E-state index contributed by atoms with van der Waals surface area (Å²) in [5.74, 6) is 0. The molecule has 3 nitrogen and oxygen atoms in total. The van der Waals surface area contributed by atoms with Crippen molar-refractivity contribution in [3.8, 4) is 0 Å². The zero-order valence-electron chi connectivity index (χ0n) is 31.2. The van der Waals surface area contributed by atoms with Gasteiger partial charge in [0, 0.05) is 5.39 Å². The molecular weight excluding hydrogens is 665 g/mol. The highest BCUT2D eigenvalue weighted by Crippen LogP contribution is 2.38. The molecule has 0 amide bonds. The van der Waals surface area contributed by atoms with Crippen LogP contribution in [0.3, 0.4) is 0 Å². The summed E-state index contributed by atoms with van der Waals surface area (Å²) in [5.41, 5.74) is 4.64. The lowest BCUT2D eigenvalue weighted by Crippen LogP contribution is -2.13. The normalized spacial score (nSPS) is 12.8. The van der Waals surface area contributed by atoms with Gasteiger partial charge >= 0.3 is 0 Å². The lowest BCUT2D eigenvalue weighted by atomic mass is 9.87. The van der Waals surface area contributed by atoms with Gasteiger partial charge in [-0.3, -0.25) is 0 Å². The van der Waals surface area contributed by atoms with Crippen molar-refractivity contribution in [1.82, 2.24) is 0 Å². The lowest BCUT2D eigenvalue weighted by molar-refractivity contribution is 0.464. The van der Waals surface area contributed by atoms with Crippen LogP contribution in [0.25, 0.3) is 32.3 Å².